The number of carbonyl (C=O) groups is 1. The fraction of sp³-hybridized carbons (Fsp3) is 0.438. The number of piperidine rings is 1. The van der Waals surface area contributed by atoms with E-state index in [1.807, 2.05) is 0 Å². The van der Waals surface area contributed by atoms with Gasteiger partial charge in [0, 0.05) is 25.6 Å². The van der Waals surface area contributed by atoms with Gasteiger partial charge in [0.2, 0.25) is 15.9 Å². The predicted octanol–water partition coefficient (Wildman–Crippen LogP) is 1.77. The van der Waals surface area contributed by atoms with Crippen molar-refractivity contribution in [2.75, 3.05) is 19.3 Å². The van der Waals surface area contributed by atoms with E-state index in [1.54, 1.807) is 24.3 Å². The molecule has 0 aliphatic carbocycles. The zero-order valence-corrected chi connectivity index (χ0v) is 13.9. The smallest absolute Gasteiger partial charge is 0.224 e. The number of hydrogen-bond acceptors (Lipinski definition) is 3. The quantitative estimate of drug-likeness (QED) is 0.888. The minimum Gasteiger partial charge on any atom is -0.352 e. The Labute approximate surface area is 136 Å². The van der Waals surface area contributed by atoms with E-state index in [-0.39, 0.29) is 24.2 Å². The summed E-state index contributed by atoms with van der Waals surface area (Å²) in [5.41, 5.74) is 0.693. The SMILES string of the molecule is CS(=O)(=O)N1CCC[C@H](NC(=O)C/C=C/c2cccc(F)c2)C1. The Morgan fingerprint density at radius 1 is 1.48 bits per heavy atom. The zero-order valence-electron chi connectivity index (χ0n) is 13.0. The first-order valence-corrected chi connectivity index (χ1v) is 9.36. The Morgan fingerprint density at radius 2 is 2.26 bits per heavy atom. The van der Waals surface area contributed by atoms with E-state index in [9.17, 15) is 17.6 Å². The summed E-state index contributed by atoms with van der Waals surface area (Å²) in [7, 11) is -3.22. The summed E-state index contributed by atoms with van der Waals surface area (Å²) in [6, 6.07) is 5.95. The predicted molar refractivity (Wildman–Crippen MR) is 87.6 cm³/mol. The summed E-state index contributed by atoms with van der Waals surface area (Å²) >= 11 is 0. The molecule has 0 saturated carbocycles. The molecule has 0 bridgehead atoms. The molecule has 23 heavy (non-hydrogen) atoms. The second-order valence-corrected chi connectivity index (χ2v) is 7.67. The molecule has 1 fully saturated rings. The maximum Gasteiger partial charge on any atom is 0.224 e. The van der Waals surface area contributed by atoms with Crippen molar-refractivity contribution in [1.29, 1.82) is 0 Å². The molecule has 2 rings (SSSR count). The van der Waals surface area contributed by atoms with Gasteiger partial charge in [-0.05, 0) is 30.5 Å². The molecule has 1 atom stereocenters. The Kier molecular flexibility index (Phi) is 5.90. The molecule has 1 aromatic rings. The largest absolute Gasteiger partial charge is 0.352 e. The highest BCUT2D eigenvalue weighted by atomic mass is 32.2. The van der Waals surface area contributed by atoms with Crippen LogP contribution in [-0.2, 0) is 14.8 Å². The van der Waals surface area contributed by atoms with Crippen LogP contribution in [0.5, 0.6) is 0 Å². The number of nitrogens with one attached hydrogen (secondary N) is 1. The first-order chi connectivity index (χ1) is 10.8. The first-order valence-electron chi connectivity index (χ1n) is 7.51. The fourth-order valence-electron chi connectivity index (χ4n) is 2.56. The normalized spacial score (nSPS) is 19.8. The van der Waals surface area contributed by atoms with Crippen molar-refractivity contribution >= 4 is 22.0 Å². The van der Waals surface area contributed by atoms with Crippen LogP contribution in [0.4, 0.5) is 4.39 Å². The lowest BCUT2D eigenvalue weighted by atomic mass is 10.1. The second-order valence-electron chi connectivity index (χ2n) is 5.69. The van der Waals surface area contributed by atoms with Crippen LogP contribution in [0.1, 0.15) is 24.8 Å². The number of halogens is 1. The Hall–Kier alpha value is -1.73. The van der Waals surface area contributed by atoms with Crippen LogP contribution in [0.2, 0.25) is 0 Å². The molecule has 1 saturated heterocycles. The van der Waals surface area contributed by atoms with Crippen LogP contribution in [0.25, 0.3) is 6.08 Å². The minimum atomic E-state index is -3.22. The zero-order chi connectivity index (χ0) is 16.9. The molecule has 5 nitrogen and oxygen atoms in total. The molecule has 0 unspecified atom stereocenters. The van der Waals surface area contributed by atoms with Crippen LogP contribution >= 0.6 is 0 Å². The van der Waals surface area contributed by atoms with Gasteiger partial charge in [0.05, 0.1) is 6.26 Å². The maximum absolute atomic E-state index is 13.0. The molecule has 0 radical (unpaired) electrons. The number of sulfonamides is 1. The fourth-order valence-corrected chi connectivity index (χ4v) is 3.47. The van der Waals surface area contributed by atoms with Gasteiger partial charge in [0.1, 0.15) is 5.82 Å². The van der Waals surface area contributed by atoms with Crippen molar-refractivity contribution in [2.45, 2.75) is 25.3 Å². The summed E-state index contributed by atoms with van der Waals surface area (Å²) in [5.74, 6) is -0.488. The minimum absolute atomic E-state index is 0.159. The third-order valence-electron chi connectivity index (χ3n) is 3.68. The highest BCUT2D eigenvalue weighted by molar-refractivity contribution is 7.88. The summed E-state index contributed by atoms with van der Waals surface area (Å²) in [6.07, 6.45) is 6.21. The lowest BCUT2D eigenvalue weighted by Gasteiger charge is -2.31. The number of rotatable bonds is 5. The molecule has 0 aromatic heterocycles. The third kappa shape index (κ3) is 5.76. The average molecular weight is 340 g/mol. The molecule has 1 N–H and O–H groups in total. The Balaban J connectivity index is 1.83. The van der Waals surface area contributed by atoms with Crippen molar-refractivity contribution < 1.29 is 17.6 Å². The van der Waals surface area contributed by atoms with E-state index in [1.165, 1.54) is 22.7 Å². The molecular weight excluding hydrogens is 319 g/mol. The van der Waals surface area contributed by atoms with Gasteiger partial charge < -0.3 is 5.32 Å². The summed E-state index contributed by atoms with van der Waals surface area (Å²) < 4.78 is 37.5. The van der Waals surface area contributed by atoms with E-state index < -0.39 is 10.0 Å². The van der Waals surface area contributed by atoms with Gasteiger partial charge in [-0.25, -0.2) is 17.1 Å². The monoisotopic (exact) mass is 340 g/mol. The first kappa shape index (κ1) is 17.6. The van der Waals surface area contributed by atoms with Gasteiger partial charge >= 0.3 is 0 Å². The van der Waals surface area contributed by atoms with Crippen molar-refractivity contribution in [2.24, 2.45) is 0 Å². The molecule has 1 heterocycles. The van der Waals surface area contributed by atoms with Crippen molar-refractivity contribution in [1.82, 2.24) is 9.62 Å². The molecule has 1 aromatic carbocycles. The van der Waals surface area contributed by atoms with Gasteiger partial charge in [-0.2, -0.15) is 0 Å². The number of nitrogens with zero attached hydrogens (tertiary/aromatic N) is 1. The maximum atomic E-state index is 13.0. The summed E-state index contributed by atoms with van der Waals surface area (Å²) in [6.45, 7) is 0.822. The van der Waals surface area contributed by atoms with Crippen LogP contribution in [0, 0.1) is 5.82 Å². The number of benzene rings is 1. The van der Waals surface area contributed by atoms with Crippen LogP contribution < -0.4 is 5.32 Å². The third-order valence-corrected chi connectivity index (χ3v) is 4.95. The van der Waals surface area contributed by atoms with Gasteiger partial charge in [-0.15, -0.1) is 0 Å². The van der Waals surface area contributed by atoms with E-state index in [2.05, 4.69) is 5.32 Å². The molecule has 126 valence electrons. The van der Waals surface area contributed by atoms with Crippen molar-refractivity contribution in [3.8, 4) is 0 Å². The Bertz CT molecular complexity index is 688. The Morgan fingerprint density at radius 3 is 2.96 bits per heavy atom. The van der Waals surface area contributed by atoms with E-state index in [0.29, 0.717) is 18.7 Å². The molecule has 1 amide bonds. The molecular formula is C16H21FN2O3S. The van der Waals surface area contributed by atoms with Crippen molar-refractivity contribution in [3.05, 3.63) is 41.7 Å². The van der Waals surface area contributed by atoms with E-state index in [4.69, 9.17) is 0 Å². The molecule has 1 aliphatic rings. The molecule has 0 spiro atoms. The number of amides is 1. The van der Waals surface area contributed by atoms with E-state index in [0.717, 1.165) is 12.8 Å². The number of hydrogen-bond donors (Lipinski definition) is 1. The van der Waals surface area contributed by atoms with Gasteiger partial charge in [-0.1, -0.05) is 24.3 Å². The van der Waals surface area contributed by atoms with E-state index >= 15 is 0 Å². The second kappa shape index (κ2) is 7.70. The van der Waals surface area contributed by atoms with Crippen LogP contribution in [-0.4, -0.2) is 44.0 Å². The highest BCUT2D eigenvalue weighted by Crippen LogP contribution is 2.13. The molecule has 7 heteroatoms. The number of carbonyl (C=O) groups excluding carboxylic acids is 1. The van der Waals surface area contributed by atoms with Gasteiger partial charge in [0.15, 0.2) is 0 Å². The lowest BCUT2D eigenvalue weighted by molar-refractivity contribution is -0.121. The standard InChI is InChI=1S/C16H21FN2O3S/c1-23(21,22)19-10-4-8-15(12-19)18-16(20)9-3-6-13-5-2-7-14(17)11-13/h2-3,5-7,11,15H,4,8-10,12H2,1H3,(H,18,20)/b6-3+/t15-/m0/s1. The summed E-state index contributed by atoms with van der Waals surface area (Å²) in [5, 5.41) is 2.85. The topological polar surface area (TPSA) is 66.5 Å². The molecule has 1 aliphatic heterocycles. The van der Waals surface area contributed by atoms with Crippen molar-refractivity contribution in [3.63, 3.8) is 0 Å². The van der Waals surface area contributed by atoms with Gasteiger partial charge in [0.25, 0.3) is 0 Å². The highest BCUT2D eigenvalue weighted by Gasteiger charge is 2.26. The van der Waals surface area contributed by atoms with Gasteiger partial charge in [-0.3, -0.25) is 4.79 Å². The van der Waals surface area contributed by atoms with Crippen LogP contribution in [0.3, 0.4) is 0 Å². The summed E-state index contributed by atoms with van der Waals surface area (Å²) in [4.78, 5) is 11.9. The lowest BCUT2D eigenvalue weighted by Crippen LogP contribution is -2.49. The van der Waals surface area contributed by atoms with Crippen LogP contribution in [0.15, 0.2) is 30.3 Å². The average Bonchev–Trinajstić information content (AvgIpc) is 2.46.